The van der Waals surface area contributed by atoms with E-state index in [4.69, 9.17) is 14.2 Å². The molecule has 124 valence electrons. The lowest BCUT2D eigenvalue weighted by Gasteiger charge is -2.32. The molecule has 3 aliphatic heterocycles. The lowest BCUT2D eigenvalue weighted by atomic mass is 9.82. The molecule has 5 rings (SSSR count). The van der Waals surface area contributed by atoms with Crippen LogP contribution in [0.5, 0.6) is 11.5 Å². The predicted molar refractivity (Wildman–Crippen MR) is 81.8 cm³/mol. The van der Waals surface area contributed by atoms with Crippen LogP contribution in [0.3, 0.4) is 0 Å². The van der Waals surface area contributed by atoms with Gasteiger partial charge in [-0.05, 0) is 17.7 Å². The minimum Gasteiger partial charge on any atom is -0.454 e. The number of urea groups is 1. The van der Waals surface area contributed by atoms with E-state index in [-0.39, 0.29) is 49.4 Å². The Morgan fingerprint density at radius 3 is 2.75 bits per heavy atom. The summed E-state index contributed by atoms with van der Waals surface area (Å²) in [5, 5.41) is 0. The first-order chi connectivity index (χ1) is 11.6. The number of ether oxygens (including phenoxy) is 3. The Bertz CT molecular complexity index is 776. The van der Waals surface area contributed by atoms with Crippen molar-refractivity contribution >= 4 is 11.9 Å². The van der Waals surface area contributed by atoms with Crippen LogP contribution in [0.15, 0.2) is 30.4 Å². The van der Waals surface area contributed by atoms with E-state index in [9.17, 15) is 9.59 Å². The van der Waals surface area contributed by atoms with Gasteiger partial charge in [-0.2, -0.15) is 0 Å². The second-order valence-corrected chi connectivity index (χ2v) is 6.44. The molecule has 7 heteroatoms. The summed E-state index contributed by atoms with van der Waals surface area (Å²) < 4.78 is 16.6. The summed E-state index contributed by atoms with van der Waals surface area (Å²) in [4.78, 5) is 27.1. The lowest BCUT2D eigenvalue weighted by molar-refractivity contribution is -0.124. The van der Waals surface area contributed by atoms with Gasteiger partial charge >= 0.3 is 6.03 Å². The monoisotopic (exact) mass is 328 g/mol. The Morgan fingerprint density at radius 1 is 1.12 bits per heavy atom. The van der Waals surface area contributed by atoms with Gasteiger partial charge in [0.25, 0.3) is 0 Å². The van der Waals surface area contributed by atoms with Gasteiger partial charge in [-0.25, -0.2) is 4.79 Å². The first-order valence-electron chi connectivity index (χ1n) is 7.94. The second kappa shape index (κ2) is 4.73. The normalized spacial score (nSPS) is 33.2. The van der Waals surface area contributed by atoms with Gasteiger partial charge in [0.05, 0.1) is 12.1 Å². The van der Waals surface area contributed by atoms with E-state index in [0.717, 1.165) is 11.3 Å². The first-order valence-corrected chi connectivity index (χ1v) is 7.94. The molecule has 0 N–H and O–H groups in total. The minimum atomic E-state index is -0.264. The standard InChI is InChI=1S/C17H16N2O5/c1-18-14(20)7-19(17(18)21)10-3-5-12-16(24-12)15(10)9-2-4-11-13(6-9)23-8-22-11/h2-6,10,12,15-16H,7-8H2,1H3/t10-,12-,15+,16-/m0/s1. The maximum absolute atomic E-state index is 12.4. The topological polar surface area (TPSA) is 71.6 Å². The molecule has 3 amide bonds. The third kappa shape index (κ3) is 1.88. The molecule has 4 aliphatic rings. The summed E-state index contributed by atoms with van der Waals surface area (Å²) in [6.07, 6.45) is 4.07. The second-order valence-electron chi connectivity index (χ2n) is 6.44. The summed E-state index contributed by atoms with van der Waals surface area (Å²) in [6, 6.07) is 5.34. The zero-order valence-electron chi connectivity index (χ0n) is 13.0. The van der Waals surface area contributed by atoms with Crippen molar-refractivity contribution in [2.24, 2.45) is 0 Å². The molecule has 3 heterocycles. The molecule has 1 aromatic carbocycles. The van der Waals surface area contributed by atoms with Gasteiger partial charge in [-0.3, -0.25) is 9.69 Å². The van der Waals surface area contributed by atoms with Crippen molar-refractivity contribution in [2.45, 2.75) is 24.2 Å². The number of fused-ring (bicyclic) bond motifs is 2. The van der Waals surface area contributed by atoms with Gasteiger partial charge in [0.1, 0.15) is 12.6 Å². The van der Waals surface area contributed by atoms with Gasteiger partial charge < -0.3 is 19.1 Å². The first kappa shape index (κ1) is 13.9. The molecule has 7 nitrogen and oxygen atoms in total. The largest absolute Gasteiger partial charge is 0.454 e. The molecule has 4 atom stereocenters. The third-order valence-electron chi connectivity index (χ3n) is 5.14. The number of amides is 3. The Kier molecular flexibility index (Phi) is 2.73. The highest BCUT2D eigenvalue weighted by Crippen LogP contribution is 2.47. The smallest absolute Gasteiger partial charge is 0.327 e. The van der Waals surface area contributed by atoms with Crippen molar-refractivity contribution < 1.29 is 23.8 Å². The predicted octanol–water partition coefficient (Wildman–Crippen LogP) is 1.10. The molecule has 0 saturated carbocycles. The highest BCUT2D eigenvalue weighted by Gasteiger charge is 2.53. The fourth-order valence-electron chi connectivity index (χ4n) is 3.77. The van der Waals surface area contributed by atoms with E-state index in [1.54, 1.807) is 4.90 Å². The van der Waals surface area contributed by atoms with Crippen LogP contribution in [0.2, 0.25) is 0 Å². The van der Waals surface area contributed by atoms with Gasteiger partial charge in [0.15, 0.2) is 11.5 Å². The average molecular weight is 328 g/mol. The highest BCUT2D eigenvalue weighted by molar-refractivity contribution is 6.02. The molecule has 0 radical (unpaired) electrons. The number of benzene rings is 1. The van der Waals surface area contributed by atoms with Crippen LogP contribution in [0.4, 0.5) is 4.79 Å². The minimum absolute atomic E-state index is 0.0224. The van der Waals surface area contributed by atoms with Crippen LogP contribution in [0.25, 0.3) is 0 Å². The van der Waals surface area contributed by atoms with E-state index in [1.807, 2.05) is 30.4 Å². The Labute approximate surface area is 138 Å². The zero-order valence-corrected chi connectivity index (χ0v) is 13.0. The molecule has 1 aliphatic carbocycles. The van der Waals surface area contributed by atoms with Gasteiger partial charge in [0, 0.05) is 13.0 Å². The van der Waals surface area contributed by atoms with Crippen LogP contribution in [0, 0.1) is 0 Å². The lowest BCUT2D eigenvalue weighted by Crippen LogP contribution is -2.44. The fourth-order valence-corrected chi connectivity index (χ4v) is 3.77. The summed E-state index contributed by atoms with van der Waals surface area (Å²) in [7, 11) is 1.52. The van der Waals surface area contributed by atoms with Crippen LogP contribution in [-0.4, -0.2) is 60.4 Å². The number of carbonyl (C=O) groups excluding carboxylic acids is 2. The van der Waals surface area contributed by atoms with Crippen LogP contribution < -0.4 is 9.47 Å². The molecule has 1 aromatic rings. The van der Waals surface area contributed by atoms with Gasteiger partial charge in [-0.15, -0.1) is 0 Å². The number of hydrogen-bond donors (Lipinski definition) is 0. The van der Waals surface area contributed by atoms with Crippen molar-refractivity contribution in [3.05, 3.63) is 35.9 Å². The molecule has 0 spiro atoms. The zero-order chi connectivity index (χ0) is 16.4. The molecule has 0 unspecified atom stereocenters. The van der Waals surface area contributed by atoms with Crippen molar-refractivity contribution in [2.75, 3.05) is 20.4 Å². The number of epoxide rings is 1. The van der Waals surface area contributed by atoms with Crippen molar-refractivity contribution in [3.8, 4) is 11.5 Å². The summed E-state index contributed by atoms with van der Waals surface area (Å²) >= 11 is 0. The number of rotatable bonds is 2. The number of carbonyl (C=O) groups is 2. The van der Waals surface area contributed by atoms with Crippen LogP contribution in [-0.2, 0) is 9.53 Å². The van der Waals surface area contributed by atoms with Crippen molar-refractivity contribution in [1.29, 1.82) is 0 Å². The van der Waals surface area contributed by atoms with E-state index >= 15 is 0 Å². The van der Waals surface area contributed by atoms with Crippen LogP contribution in [0.1, 0.15) is 11.5 Å². The number of nitrogens with zero attached hydrogens (tertiary/aromatic N) is 2. The molecule has 2 fully saturated rings. The Balaban J connectivity index is 1.52. The Morgan fingerprint density at radius 2 is 1.96 bits per heavy atom. The van der Waals surface area contributed by atoms with Crippen molar-refractivity contribution in [1.82, 2.24) is 9.80 Å². The molecule has 2 saturated heterocycles. The Hall–Kier alpha value is -2.54. The SMILES string of the molecule is CN1C(=O)CN([C@H]2C=C[C@@H]3O[C@@H]3[C@@H]2c2ccc3c(c2)OCO3)C1=O. The van der Waals surface area contributed by atoms with E-state index in [0.29, 0.717) is 5.75 Å². The van der Waals surface area contributed by atoms with Crippen LogP contribution >= 0.6 is 0 Å². The number of imide groups is 1. The molecular formula is C17H16N2O5. The maximum atomic E-state index is 12.4. The van der Waals surface area contributed by atoms with E-state index in [2.05, 4.69) is 0 Å². The number of hydrogen-bond acceptors (Lipinski definition) is 5. The van der Waals surface area contributed by atoms with Gasteiger partial charge in [-0.1, -0.05) is 18.2 Å². The van der Waals surface area contributed by atoms with E-state index in [1.165, 1.54) is 11.9 Å². The molecule has 24 heavy (non-hydrogen) atoms. The molecule has 0 aromatic heterocycles. The summed E-state index contributed by atoms with van der Waals surface area (Å²) in [5.74, 6) is 1.22. The third-order valence-corrected chi connectivity index (χ3v) is 5.14. The summed E-state index contributed by atoms with van der Waals surface area (Å²) in [6.45, 7) is 0.321. The van der Waals surface area contributed by atoms with Gasteiger partial charge in [0.2, 0.25) is 12.7 Å². The molecule has 0 bridgehead atoms. The fraction of sp³-hybridized carbons (Fsp3) is 0.412. The number of likely N-dealkylation sites (N-methyl/N-ethyl adjacent to an activating group) is 1. The quantitative estimate of drug-likeness (QED) is 0.462. The van der Waals surface area contributed by atoms with Crippen molar-refractivity contribution in [3.63, 3.8) is 0 Å². The average Bonchev–Trinajstić information content (AvgIpc) is 3.16. The summed E-state index contributed by atoms with van der Waals surface area (Å²) in [5.41, 5.74) is 1.02. The molecular weight excluding hydrogens is 312 g/mol. The highest BCUT2D eigenvalue weighted by atomic mass is 16.7. The van der Waals surface area contributed by atoms with E-state index < -0.39 is 0 Å². The maximum Gasteiger partial charge on any atom is 0.327 e.